The van der Waals surface area contributed by atoms with Crippen molar-refractivity contribution >= 4 is 0 Å². The maximum atomic E-state index is 12.7. The van der Waals surface area contributed by atoms with Crippen molar-refractivity contribution in [3.63, 3.8) is 0 Å². The molecule has 3 nitrogen and oxygen atoms in total. The molecule has 0 aliphatic rings. The quantitative estimate of drug-likeness (QED) is 0.798. The Morgan fingerprint density at radius 3 is 2.52 bits per heavy atom. The normalized spacial score (nSPS) is 15.0. The number of benzene rings is 1. The van der Waals surface area contributed by atoms with Crippen molar-refractivity contribution in [1.29, 1.82) is 0 Å². The minimum absolute atomic E-state index is 0.105. The number of halogens is 3. The first-order valence-corrected chi connectivity index (χ1v) is 6.92. The van der Waals surface area contributed by atoms with Gasteiger partial charge < -0.3 is 14.8 Å². The van der Waals surface area contributed by atoms with Crippen LogP contribution in [0.3, 0.4) is 0 Å². The van der Waals surface area contributed by atoms with E-state index in [1.807, 2.05) is 13.8 Å². The standard InChI is InChI=1S/C15H22F3NO2/c1-4-20-9-11(2)21-10-14(19-3)12-6-5-7-13(8-12)15(16,17)18/h5-8,11,14,19H,4,9-10H2,1-3H3. The molecule has 21 heavy (non-hydrogen) atoms. The van der Waals surface area contributed by atoms with E-state index >= 15 is 0 Å². The van der Waals surface area contributed by atoms with Crippen LogP contribution in [0.4, 0.5) is 13.2 Å². The summed E-state index contributed by atoms with van der Waals surface area (Å²) in [5.74, 6) is 0. The zero-order valence-electron chi connectivity index (χ0n) is 12.5. The maximum absolute atomic E-state index is 12.7. The number of ether oxygens (including phenoxy) is 2. The molecule has 1 N–H and O–H groups in total. The number of nitrogens with one attached hydrogen (secondary N) is 1. The average Bonchev–Trinajstić information content (AvgIpc) is 2.45. The van der Waals surface area contributed by atoms with E-state index in [1.165, 1.54) is 6.07 Å². The Morgan fingerprint density at radius 1 is 1.24 bits per heavy atom. The summed E-state index contributed by atoms with van der Waals surface area (Å²) in [7, 11) is 1.70. The van der Waals surface area contributed by atoms with Gasteiger partial charge in [-0.25, -0.2) is 0 Å². The Labute approximate surface area is 123 Å². The van der Waals surface area contributed by atoms with Gasteiger partial charge in [0, 0.05) is 6.61 Å². The summed E-state index contributed by atoms with van der Waals surface area (Å²) in [6.07, 6.45) is -4.44. The van der Waals surface area contributed by atoms with Crippen LogP contribution in [0.1, 0.15) is 31.0 Å². The van der Waals surface area contributed by atoms with Crippen LogP contribution in [0.5, 0.6) is 0 Å². The fourth-order valence-electron chi connectivity index (χ4n) is 1.87. The summed E-state index contributed by atoms with van der Waals surface area (Å²) < 4.78 is 49.0. The zero-order chi connectivity index (χ0) is 15.9. The summed E-state index contributed by atoms with van der Waals surface area (Å²) in [5.41, 5.74) is -0.0986. The lowest BCUT2D eigenvalue weighted by atomic mass is 10.0. The number of hydrogen-bond acceptors (Lipinski definition) is 3. The van der Waals surface area contributed by atoms with Crippen molar-refractivity contribution in [2.24, 2.45) is 0 Å². The van der Waals surface area contributed by atoms with Gasteiger partial charge in [-0.15, -0.1) is 0 Å². The number of alkyl halides is 3. The van der Waals surface area contributed by atoms with E-state index in [4.69, 9.17) is 9.47 Å². The molecule has 2 unspecified atom stereocenters. The van der Waals surface area contributed by atoms with Gasteiger partial charge in [-0.2, -0.15) is 13.2 Å². The molecule has 2 atom stereocenters. The first-order chi connectivity index (χ1) is 9.88. The van der Waals surface area contributed by atoms with E-state index in [9.17, 15) is 13.2 Å². The first-order valence-electron chi connectivity index (χ1n) is 6.92. The monoisotopic (exact) mass is 305 g/mol. The molecule has 0 fully saturated rings. The number of rotatable bonds is 8. The summed E-state index contributed by atoms with van der Waals surface area (Å²) in [4.78, 5) is 0. The molecule has 1 rings (SSSR count). The van der Waals surface area contributed by atoms with E-state index in [-0.39, 0.29) is 18.8 Å². The van der Waals surface area contributed by atoms with Gasteiger partial charge in [0.2, 0.25) is 0 Å². The summed E-state index contributed by atoms with van der Waals surface area (Å²) in [6, 6.07) is 4.99. The molecule has 0 bridgehead atoms. The molecule has 0 aliphatic carbocycles. The molecule has 0 radical (unpaired) electrons. The zero-order valence-corrected chi connectivity index (χ0v) is 12.5. The van der Waals surface area contributed by atoms with Crippen molar-refractivity contribution in [2.75, 3.05) is 26.9 Å². The third-order valence-electron chi connectivity index (χ3n) is 3.07. The van der Waals surface area contributed by atoms with Crippen LogP contribution in [0, 0.1) is 0 Å². The van der Waals surface area contributed by atoms with Crippen LogP contribution in [-0.4, -0.2) is 33.0 Å². The van der Waals surface area contributed by atoms with Crippen molar-refractivity contribution in [3.8, 4) is 0 Å². The third-order valence-corrected chi connectivity index (χ3v) is 3.07. The van der Waals surface area contributed by atoms with E-state index < -0.39 is 11.7 Å². The van der Waals surface area contributed by atoms with Crippen molar-refractivity contribution < 1.29 is 22.6 Å². The largest absolute Gasteiger partial charge is 0.416 e. The fourth-order valence-corrected chi connectivity index (χ4v) is 1.87. The van der Waals surface area contributed by atoms with Crippen molar-refractivity contribution in [2.45, 2.75) is 32.2 Å². The molecule has 0 aliphatic heterocycles. The molecule has 0 amide bonds. The average molecular weight is 305 g/mol. The Kier molecular flexibility index (Phi) is 7.14. The minimum Gasteiger partial charge on any atom is -0.379 e. The number of likely N-dealkylation sites (N-methyl/N-ethyl adjacent to an activating group) is 1. The van der Waals surface area contributed by atoms with E-state index in [0.717, 1.165) is 12.1 Å². The van der Waals surface area contributed by atoms with Gasteiger partial charge in [0.25, 0.3) is 0 Å². The lowest BCUT2D eigenvalue weighted by molar-refractivity contribution is -0.137. The maximum Gasteiger partial charge on any atom is 0.416 e. The van der Waals surface area contributed by atoms with E-state index in [1.54, 1.807) is 13.1 Å². The molecule has 120 valence electrons. The molecule has 0 heterocycles. The van der Waals surface area contributed by atoms with Crippen LogP contribution < -0.4 is 5.32 Å². The van der Waals surface area contributed by atoms with Crippen LogP contribution in [0.25, 0.3) is 0 Å². The van der Waals surface area contributed by atoms with Gasteiger partial charge >= 0.3 is 6.18 Å². The van der Waals surface area contributed by atoms with E-state index in [0.29, 0.717) is 18.8 Å². The molecule has 0 saturated heterocycles. The highest BCUT2D eigenvalue weighted by atomic mass is 19.4. The van der Waals surface area contributed by atoms with Gasteiger partial charge in [-0.3, -0.25) is 0 Å². The predicted octanol–water partition coefficient (Wildman–Crippen LogP) is 3.41. The van der Waals surface area contributed by atoms with Gasteiger partial charge in [0.1, 0.15) is 0 Å². The highest BCUT2D eigenvalue weighted by molar-refractivity contribution is 5.28. The second-order valence-electron chi connectivity index (χ2n) is 4.77. The SMILES string of the molecule is CCOCC(C)OCC(NC)c1cccc(C(F)(F)F)c1. The van der Waals surface area contributed by atoms with Crippen molar-refractivity contribution in [3.05, 3.63) is 35.4 Å². The molecule has 0 aromatic heterocycles. The fraction of sp³-hybridized carbons (Fsp3) is 0.600. The lowest BCUT2D eigenvalue weighted by Gasteiger charge is -2.21. The summed E-state index contributed by atoms with van der Waals surface area (Å²) in [5, 5.41) is 2.98. The second-order valence-corrected chi connectivity index (χ2v) is 4.77. The molecular weight excluding hydrogens is 283 g/mol. The van der Waals surface area contributed by atoms with Crippen LogP contribution in [0.15, 0.2) is 24.3 Å². The Balaban J connectivity index is 2.68. The van der Waals surface area contributed by atoms with Gasteiger partial charge in [-0.05, 0) is 38.6 Å². The Morgan fingerprint density at radius 2 is 1.95 bits per heavy atom. The molecule has 6 heteroatoms. The molecule has 1 aromatic rings. The summed E-state index contributed by atoms with van der Waals surface area (Å²) >= 11 is 0. The van der Waals surface area contributed by atoms with Crippen LogP contribution in [0.2, 0.25) is 0 Å². The topological polar surface area (TPSA) is 30.5 Å². The lowest BCUT2D eigenvalue weighted by Crippen LogP contribution is -2.26. The minimum atomic E-state index is -4.34. The first kappa shape index (κ1) is 17.9. The molecule has 1 aromatic carbocycles. The van der Waals surface area contributed by atoms with E-state index in [2.05, 4.69) is 5.32 Å². The Hall–Kier alpha value is -1.11. The predicted molar refractivity (Wildman–Crippen MR) is 75.2 cm³/mol. The highest BCUT2D eigenvalue weighted by Crippen LogP contribution is 2.30. The third kappa shape index (κ3) is 6.03. The molecule has 0 spiro atoms. The van der Waals surface area contributed by atoms with Gasteiger partial charge in [0.15, 0.2) is 0 Å². The van der Waals surface area contributed by atoms with Crippen LogP contribution in [-0.2, 0) is 15.7 Å². The van der Waals surface area contributed by atoms with Crippen molar-refractivity contribution in [1.82, 2.24) is 5.32 Å². The second kappa shape index (κ2) is 8.36. The van der Waals surface area contributed by atoms with Gasteiger partial charge in [0.05, 0.1) is 30.9 Å². The molecule has 0 saturated carbocycles. The Bertz CT molecular complexity index is 424. The van der Waals surface area contributed by atoms with Crippen LogP contribution >= 0.6 is 0 Å². The number of hydrogen-bond donors (Lipinski definition) is 1. The molecular formula is C15H22F3NO2. The smallest absolute Gasteiger partial charge is 0.379 e. The van der Waals surface area contributed by atoms with Gasteiger partial charge in [-0.1, -0.05) is 12.1 Å². The summed E-state index contributed by atoms with van der Waals surface area (Å²) in [6.45, 7) is 5.12. The highest BCUT2D eigenvalue weighted by Gasteiger charge is 2.30.